The van der Waals surface area contributed by atoms with Gasteiger partial charge in [0, 0.05) is 29.7 Å². The maximum Gasteiger partial charge on any atom is 0.355 e. The number of amides is 2. The number of anilines is 3. The number of aromatic nitrogens is 1. The first-order valence-corrected chi connectivity index (χ1v) is 15.0. The lowest BCUT2D eigenvalue weighted by molar-refractivity contribution is 0.0517. The first-order valence-electron chi connectivity index (χ1n) is 15.0. The first-order chi connectivity index (χ1) is 20.7. The van der Waals surface area contributed by atoms with Crippen LogP contribution < -0.4 is 15.5 Å². The van der Waals surface area contributed by atoms with Gasteiger partial charge in [0.1, 0.15) is 17.3 Å². The van der Waals surface area contributed by atoms with Crippen molar-refractivity contribution >= 4 is 40.0 Å². The second-order valence-corrected chi connectivity index (χ2v) is 11.4. The number of rotatable bonds is 9. The molecule has 2 amide bonds. The van der Waals surface area contributed by atoms with E-state index < -0.39 is 23.6 Å². The van der Waals surface area contributed by atoms with Crippen LogP contribution in [0.2, 0.25) is 0 Å². The van der Waals surface area contributed by atoms with Crippen LogP contribution in [0.5, 0.6) is 0 Å². The van der Waals surface area contributed by atoms with Crippen LogP contribution in [0.15, 0.2) is 66.7 Å². The minimum atomic E-state index is -0.870. The number of halogens is 2. The highest BCUT2D eigenvalue weighted by molar-refractivity contribution is 6.03. The zero-order valence-corrected chi connectivity index (χ0v) is 24.8. The molecule has 1 fully saturated rings. The molecule has 9 heteroatoms. The molecule has 0 spiro atoms. The molecule has 0 bridgehead atoms. The lowest BCUT2D eigenvalue weighted by atomic mass is 9.93. The van der Waals surface area contributed by atoms with Crippen molar-refractivity contribution in [3.8, 4) is 5.69 Å². The minimum Gasteiger partial charge on any atom is -0.461 e. The van der Waals surface area contributed by atoms with Crippen molar-refractivity contribution in [1.29, 1.82) is 0 Å². The van der Waals surface area contributed by atoms with E-state index in [2.05, 4.69) is 29.4 Å². The summed E-state index contributed by atoms with van der Waals surface area (Å²) in [5.74, 6) is -1.69. The van der Waals surface area contributed by atoms with Crippen LogP contribution in [0.3, 0.4) is 0 Å². The Morgan fingerprint density at radius 2 is 1.70 bits per heavy atom. The van der Waals surface area contributed by atoms with Gasteiger partial charge in [0.05, 0.1) is 29.2 Å². The Kier molecular flexibility index (Phi) is 9.28. The zero-order valence-electron chi connectivity index (χ0n) is 24.8. The average molecular weight is 589 g/mol. The van der Waals surface area contributed by atoms with Crippen molar-refractivity contribution in [2.45, 2.75) is 58.9 Å². The van der Waals surface area contributed by atoms with E-state index in [1.54, 1.807) is 13.0 Å². The van der Waals surface area contributed by atoms with Gasteiger partial charge in [-0.1, -0.05) is 51.3 Å². The topological polar surface area (TPSA) is 75.6 Å². The van der Waals surface area contributed by atoms with Gasteiger partial charge in [-0.25, -0.2) is 18.4 Å². The van der Waals surface area contributed by atoms with E-state index in [0.29, 0.717) is 29.0 Å². The van der Waals surface area contributed by atoms with Crippen molar-refractivity contribution in [3.05, 3.63) is 84.1 Å². The molecule has 2 N–H and O–H groups in total. The zero-order chi connectivity index (χ0) is 30.5. The number of ether oxygens (including phenoxy) is 1. The van der Waals surface area contributed by atoms with E-state index in [-0.39, 0.29) is 12.3 Å². The molecule has 226 valence electrons. The minimum absolute atomic E-state index is 0.135. The third kappa shape index (κ3) is 6.82. The molecule has 43 heavy (non-hydrogen) atoms. The summed E-state index contributed by atoms with van der Waals surface area (Å²) >= 11 is 0. The van der Waals surface area contributed by atoms with Gasteiger partial charge in [-0.15, -0.1) is 0 Å². The normalized spacial score (nSPS) is 13.7. The van der Waals surface area contributed by atoms with Gasteiger partial charge in [-0.3, -0.25) is 0 Å². The van der Waals surface area contributed by atoms with E-state index in [1.807, 2.05) is 47.0 Å². The Balaban J connectivity index is 1.61. The van der Waals surface area contributed by atoms with Gasteiger partial charge in [0.2, 0.25) is 0 Å². The fourth-order valence-electron chi connectivity index (χ4n) is 5.90. The summed E-state index contributed by atoms with van der Waals surface area (Å²) in [5.41, 5.74) is 3.05. The van der Waals surface area contributed by atoms with Gasteiger partial charge in [0.25, 0.3) is 0 Å². The number of benzene rings is 3. The van der Waals surface area contributed by atoms with Crippen LogP contribution in [0, 0.1) is 17.6 Å². The third-order valence-electron chi connectivity index (χ3n) is 7.75. The summed E-state index contributed by atoms with van der Waals surface area (Å²) in [5, 5.41) is 6.32. The van der Waals surface area contributed by atoms with Crippen LogP contribution in [0.4, 0.5) is 30.6 Å². The number of nitrogens with zero attached hydrogens (tertiary/aromatic N) is 2. The van der Waals surface area contributed by atoms with E-state index in [0.717, 1.165) is 61.0 Å². The Bertz CT molecular complexity index is 1610. The van der Waals surface area contributed by atoms with Crippen molar-refractivity contribution in [2.24, 2.45) is 5.92 Å². The molecule has 1 aliphatic carbocycles. The van der Waals surface area contributed by atoms with E-state index in [1.165, 1.54) is 12.5 Å². The lowest BCUT2D eigenvalue weighted by Gasteiger charge is -2.38. The predicted molar refractivity (Wildman–Crippen MR) is 167 cm³/mol. The molecular formula is C34H38F2N4O3. The average Bonchev–Trinajstić information content (AvgIpc) is 3.38. The largest absolute Gasteiger partial charge is 0.461 e. The first kappa shape index (κ1) is 30.1. The van der Waals surface area contributed by atoms with Crippen LogP contribution in [-0.2, 0) is 4.74 Å². The highest BCUT2D eigenvalue weighted by Gasteiger charge is 2.26. The third-order valence-corrected chi connectivity index (χ3v) is 7.75. The summed E-state index contributed by atoms with van der Waals surface area (Å²) in [4.78, 5) is 28.7. The number of fused-ring (bicyclic) bond motifs is 1. The molecule has 0 aliphatic heterocycles. The van der Waals surface area contributed by atoms with Gasteiger partial charge in [-0.2, -0.15) is 0 Å². The standard InChI is InChI=1S/C34H38F2N4O3/c1-4-43-33(41)32-18-23-10-8-9-13-30(23)40(32)26-15-17-31(39(21-22(2)3)25-11-6-5-7-12-25)29(20-26)38-34(42)37-28-16-14-24(35)19-27(28)36/h8-10,13-20,22,25H,4-7,11-12,21H2,1-3H3,(H2,37,38,42). The maximum absolute atomic E-state index is 14.4. The van der Waals surface area contributed by atoms with Crippen LogP contribution >= 0.6 is 0 Å². The number of carbonyl (C=O) groups excluding carboxylic acids is 2. The molecular weight excluding hydrogens is 550 g/mol. The number of urea groups is 1. The molecule has 4 aromatic rings. The van der Waals surface area contributed by atoms with Crippen molar-refractivity contribution < 1.29 is 23.1 Å². The molecule has 1 aliphatic rings. The molecule has 5 rings (SSSR count). The van der Waals surface area contributed by atoms with Crippen molar-refractivity contribution in [3.63, 3.8) is 0 Å². The second kappa shape index (κ2) is 13.3. The summed E-state index contributed by atoms with van der Waals surface area (Å²) in [7, 11) is 0. The van der Waals surface area contributed by atoms with Crippen LogP contribution in [0.1, 0.15) is 63.4 Å². The van der Waals surface area contributed by atoms with E-state index >= 15 is 0 Å². The van der Waals surface area contributed by atoms with Gasteiger partial charge < -0.3 is 24.8 Å². The fourth-order valence-corrected chi connectivity index (χ4v) is 5.90. The quantitative estimate of drug-likeness (QED) is 0.192. The number of hydrogen-bond donors (Lipinski definition) is 2. The summed E-state index contributed by atoms with van der Waals surface area (Å²) in [6.45, 7) is 7.11. The molecule has 1 saturated carbocycles. The highest BCUT2D eigenvalue weighted by atomic mass is 19.1. The van der Waals surface area contributed by atoms with Gasteiger partial charge in [-0.05, 0) is 68.1 Å². The van der Waals surface area contributed by atoms with E-state index in [9.17, 15) is 18.4 Å². The summed E-state index contributed by atoms with van der Waals surface area (Å²) in [6.07, 6.45) is 5.59. The molecule has 1 heterocycles. The van der Waals surface area contributed by atoms with Crippen molar-refractivity contribution in [1.82, 2.24) is 4.57 Å². The van der Waals surface area contributed by atoms with Crippen LogP contribution in [0.25, 0.3) is 16.6 Å². The molecule has 0 unspecified atom stereocenters. The van der Waals surface area contributed by atoms with Crippen molar-refractivity contribution in [2.75, 3.05) is 28.7 Å². The number of nitrogens with one attached hydrogen (secondary N) is 2. The Morgan fingerprint density at radius 3 is 2.42 bits per heavy atom. The smallest absolute Gasteiger partial charge is 0.355 e. The number of carbonyl (C=O) groups is 2. The molecule has 3 aromatic carbocycles. The van der Waals surface area contributed by atoms with Crippen LogP contribution in [-0.4, -0.2) is 35.8 Å². The lowest BCUT2D eigenvalue weighted by Crippen LogP contribution is -2.40. The summed E-state index contributed by atoms with van der Waals surface area (Å²) < 4.78 is 35.1. The van der Waals surface area contributed by atoms with E-state index in [4.69, 9.17) is 4.74 Å². The Hall–Kier alpha value is -4.40. The number of para-hydroxylation sites is 1. The number of esters is 1. The highest BCUT2D eigenvalue weighted by Crippen LogP contribution is 2.36. The Labute approximate surface area is 250 Å². The second-order valence-electron chi connectivity index (χ2n) is 11.4. The maximum atomic E-state index is 14.4. The van der Waals surface area contributed by atoms with Gasteiger partial charge in [0.15, 0.2) is 0 Å². The van der Waals surface area contributed by atoms with Gasteiger partial charge >= 0.3 is 12.0 Å². The Morgan fingerprint density at radius 1 is 0.953 bits per heavy atom. The molecule has 7 nitrogen and oxygen atoms in total. The predicted octanol–water partition coefficient (Wildman–Crippen LogP) is 8.52. The summed E-state index contributed by atoms with van der Waals surface area (Å²) in [6, 6.07) is 17.9. The monoisotopic (exact) mass is 588 g/mol. The molecule has 1 aromatic heterocycles. The fraction of sp³-hybridized carbons (Fsp3) is 0.353. The molecule has 0 atom stereocenters. The number of hydrogen-bond acceptors (Lipinski definition) is 4. The molecule has 0 radical (unpaired) electrons. The molecule has 0 saturated heterocycles. The SMILES string of the molecule is CCOC(=O)c1cc2ccccc2n1-c1ccc(N(CC(C)C)C2CCCCC2)c(NC(=O)Nc2ccc(F)cc2F)c1.